The minimum Gasteiger partial charge on any atom is -0.497 e. The van der Waals surface area contributed by atoms with E-state index < -0.39 is 0 Å². The summed E-state index contributed by atoms with van der Waals surface area (Å²) in [4.78, 5) is 2.19. The van der Waals surface area contributed by atoms with Gasteiger partial charge in [-0.2, -0.15) is 4.68 Å². The first-order chi connectivity index (χ1) is 13.7. The molecule has 1 aromatic heterocycles. The molecule has 0 aliphatic carbocycles. The third-order valence-electron chi connectivity index (χ3n) is 5.45. The molecule has 0 spiro atoms. The molecule has 1 aliphatic heterocycles. The van der Waals surface area contributed by atoms with E-state index in [-0.39, 0.29) is 12.0 Å². The summed E-state index contributed by atoms with van der Waals surface area (Å²) in [7, 11) is 1.67. The molecular weight excluding hydrogens is 354 g/mol. The van der Waals surface area contributed by atoms with E-state index in [9.17, 15) is 5.11 Å². The molecule has 1 saturated heterocycles. The van der Waals surface area contributed by atoms with Gasteiger partial charge in [-0.25, -0.2) is 0 Å². The van der Waals surface area contributed by atoms with Gasteiger partial charge in [-0.15, -0.1) is 0 Å². The van der Waals surface area contributed by atoms with Gasteiger partial charge in [-0.1, -0.05) is 35.4 Å². The second-order valence-electron chi connectivity index (χ2n) is 7.44. The number of hydrogen-bond donors (Lipinski definition) is 1. The molecule has 3 aromatic rings. The van der Waals surface area contributed by atoms with Gasteiger partial charge >= 0.3 is 0 Å². The summed E-state index contributed by atoms with van der Waals surface area (Å²) in [5.41, 5.74) is 1.85. The number of tetrazole rings is 1. The van der Waals surface area contributed by atoms with Crippen molar-refractivity contribution in [3.05, 3.63) is 60.2 Å². The molecule has 0 amide bonds. The molecule has 146 valence electrons. The molecule has 1 unspecified atom stereocenters. The quantitative estimate of drug-likeness (QED) is 0.709. The Kier molecular flexibility index (Phi) is 5.25. The molecular formula is C21H25N5O2. The summed E-state index contributed by atoms with van der Waals surface area (Å²) in [6, 6.07) is 18.0. The second-order valence-corrected chi connectivity index (χ2v) is 7.44. The number of anilines is 1. The van der Waals surface area contributed by atoms with Gasteiger partial charge in [0.05, 0.1) is 19.4 Å². The van der Waals surface area contributed by atoms with Crippen molar-refractivity contribution in [1.29, 1.82) is 0 Å². The number of ether oxygens (including phenoxy) is 1. The fourth-order valence-corrected chi connectivity index (χ4v) is 4.04. The van der Waals surface area contributed by atoms with Gasteiger partial charge in [0.15, 0.2) is 0 Å². The Bertz CT molecular complexity index is 914. The van der Waals surface area contributed by atoms with Gasteiger partial charge < -0.3 is 14.7 Å². The highest BCUT2D eigenvalue weighted by molar-refractivity contribution is 5.41. The third-order valence-corrected chi connectivity index (χ3v) is 5.45. The lowest BCUT2D eigenvalue weighted by atomic mass is 9.76. The van der Waals surface area contributed by atoms with E-state index in [1.807, 2.05) is 48.5 Å². The standard InChI is InChI=1S/C21H25N5O2/c1-28-19-10-5-7-17(13-19)14-21(16-27)11-6-12-25(15-21)20-22-23-24-26(20)18-8-3-2-4-9-18/h2-5,7-10,13,27H,6,11-12,14-16H2,1H3. The van der Waals surface area contributed by atoms with Crippen molar-refractivity contribution >= 4 is 5.95 Å². The smallest absolute Gasteiger partial charge is 0.250 e. The Morgan fingerprint density at radius 3 is 2.79 bits per heavy atom. The number of aliphatic hydroxyl groups excluding tert-OH is 1. The summed E-state index contributed by atoms with van der Waals surface area (Å²) in [6.07, 6.45) is 2.72. The van der Waals surface area contributed by atoms with Crippen LogP contribution in [0.25, 0.3) is 5.69 Å². The molecule has 7 heteroatoms. The van der Waals surface area contributed by atoms with E-state index in [0.717, 1.165) is 48.8 Å². The van der Waals surface area contributed by atoms with Gasteiger partial charge in [-0.3, -0.25) is 0 Å². The summed E-state index contributed by atoms with van der Waals surface area (Å²) in [5, 5.41) is 22.7. The number of hydrogen-bond acceptors (Lipinski definition) is 6. The molecule has 1 N–H and O–H groups in total. The van der Waals surface area contributed by atoms with Crippen LogP contribution in [0.5, 0.6) is 5.75 Å². The number of aliphatic hydroxyl groups is 1. The zero-order chi connectivity index (χ0) is 19.4. The normalized spacial score (nSPS) is 19.6. The Morgan fingerprint density at radius 2 is 2.00 bits per heavy atom. The van der Waals surface area contributed by atoms with Crippen LogP contribution in [-0.4, -0.2) is 52.1 Å². The van der Waals surface area contributed by atoms with Crippen molar-refractivity contribution in [2.45, 2.75) is 19.3 Å². The Morgan fingerprint density at radius 1 is 1.14 bits per heavy atom. The number of nitrogens with zero attached hydrogens (tertiary/aromatic N) is 5. The zero-order valence-electron chi connectivity index (χ0n) is 16.0. The first-order valence-corrected chi connectivity index (χ1v) is 9.56. The van der Waals surface area contributed by atoms with Crippen LogP contribution in [0.3, 0.4) is 0 Å². The Balaban J connectivity index is 1.59. The number of aromatic nitrogens is 4. The number of rotatable bonds is 6. The Labute approximate surface area is 164 Å². The largest absolute Gasteiger partial charge is 0.497 e. The highest BCUT2D eigenvalue weighted by Gasteiger charge is 2.37. The van der Waals surface area contributed by atoms with E-state index in [2.05, 4.69) is 26.5 Å². The molecule has 0 radical (unpaired) electrons. The molecule has 0 saturated carbocycles. The van der Waals surface area contributed by atoms with Crippen LogP contribution in [0.15, 0.2) is 54.6 Å². The maximum absolute atomic E-state index is 10.3. The van der Waals surface area contributed by atoms with Crippen molar-refractivity contribution in [1.82, 2.24) is 20.2 Å². The van der Waals surface area contributed by atoms with Gasteiger partial charge in [0.2, 0.25) is 5.95 Å². The van der Waals surface area contributed by atoms with Crippen molar-refractivity contribution in [2.24, 2.45) is 5.41 Å². The van der Waals surface area contributed by atoms with Crippen molar-refractivity contribution < 1.29 is 9.84 Å². The number of piperidine rings is 1. The monoisotopic (exact) mass is 379 g/mol. The van der Waals surface area contributed by atoms with Crippen LogP contribution in [0, 0.1) is 5.41 Å². The topological polar surface area (TPSA) is 76.3 Å². The minimum atomic E-state index is -0.238. The minimum absolute atomic E-state index is 0.119. The molecule has 28 heavy (non-hydrogen) atoms. The summed E-state index contributed by atoms with van der Waals surface area (Å²) in [5.74, 6) is 1.56. The maximum Gasteiger partial charge on any atom is 0.250 e. The van der Waals surface area contributed by atoms with Crippen LogP contribution in [0.4, 0.5) is 5.95 Å². The molecule has 7 nitrogen and oxygen atoms in total. The average Bonchev–Trinajstić information content (AvgIpc) is 3.25. The lowest BCUT2D eigenvalue weighted by molar-refractivity contribution is 0.105. The van der Waals surface area contributed by atoms with Crippen molar-refractivity contribution in [3.63, 3.8) is 0 Å². The molecule has 1 atom stereocenters. The van der Waals surface area contributed by atoms with Crippen LogP contribution >= 0.6 is 0 Å². The lowest BCUT2D eigenvalue weighted by Crippen LogP contribution is -2.47. The van der Waals surface area contributed by atoms with E-state index in [4.69, 9.17) is 4.74 Å². The molecule has 4 rings (SSSR count). The van der Waals surface area contributed by atoms with E-state index in [1.54, 1.807) is 11.8 Å². The first kappa shape index (κ1) is 18.4. The van der Waals surface area contributed by atoms with Crippen molar-refractivity contribution in [2.75, 3.05) is 31.7 Å². The summed E-state index contributed by atoms with van der Waals surface area (Å²) >= 11 is 0. The lowest BCUT2D eigenvalue weighted by Gasteiger charge is -2.42. The fourth-order valence-electron chi connectivity index (χ4n) is 4.04. The van der Waals surface area contributed by atoms with Crippen LogP contribution in [-0.2, 0) is 6.42 Å². The maximum atomic E-state index is 10.3. The summed E-state index contributed by atoms with van der Waals surface area (Å²) < 4.78 is 7.12. The average molecular weight is 379 g/mol. The predicted octanol–water partition coefficient (Wildman–Crippen LogP) is 2.49. The molecule has 0 bridgehead atoms. The molecule has 2 heterocycles. The van der Waals surface area contributed by atoms with Crippen molar-refractivity contribution in [3.8, 4) is 11.4 Å². The SMILES string of the molecule is COc1cccc(CC2(CO)CCCN(c3nnnn3-c3ccccc3)C2)c1. The van der Waals surface area contributed by atoms with Crippen LogP contribution < -0.4 is 9.64 Å². The zero-order valence-corrected chi connectivity index (χ0v) is 16.0. The first-order valence-electron chi connectivity index (χ1n) is 9.56. The number of methoxy groups -OCH3 is 1. The van der Waals surface area contributed by atoms with Gasteiger partial charge in [0.25, 0.3) is 0 Å². The number of benzene rings is 2. The highest BCUT2D eigenvalue weighted by Crippen LogP contribution is 2.35. The van der Waals surface area contributed by atoms with E-state index in [1.165, 1.54) is 0 Å². The second kappa shape index (κ2) is 7.98. The fraction of sp³-hybridized carbons (Fsp3) is 0.381. The predicted molar refractivity (Wildman–Crippen MR) is 107 cm³/mol. The van der Waals surface area contributed by atoms with Crippen LogP contribution in [0.2, 0.25) is 0 Å². The number of para-hydroxylation sites is 1. The van der Waals surface area contributed by atoms with Crippen LogP contribution in [0.1, 0.15) is 18.4 Å². The molecule has 1 aliphatic rings. The molecule has 2 aromatic carbocycles. The van der Waals surface area contributed by atoms with Gasteiger partial charge in [-0.05, 0) is 59.5 Å². The molecule has 1 fully saturated rings. The third kappa shape index (κ3) is 3.71. The summed E-state index contributed by atoms with van der Waals surface area (Å²) in [6.45, 7) is 1.69. The Hall–Kier alpha value is -2.93. The van der Waals surface area contributed by atoms with Gasteiger partial charge in [0, 0.05) is 18.5 Å². The van der Waals surface area contributed by atoms with E-state index >= 15 is 0 Å². The van der Waals surface area contributed by atoms with Gasteiger partial charge in [0.1, 0.15) is 5.75 Å². The van der Waals surface area contributed by atoms with E-state index in [0.29, 0.717) is 6.54 Å². The highest BCUT2D eigenvalue weighted by atomic mass is 16.5.